The quantitative estimate of drug-likeness (QED) is 0.334. The molecule has 0 aliphatic carbocycles. The SMILES string of the molecule is COC(=O)[C@H](CC(C)C)NC(=O)CSc1nc(=O)cc(N)n1CCc1ccccc1. The number of hydrogen-bond donors (Lipinski definition) is 2. The number of carbonyl (C=O) groups is 2. The lowest BCUT2D eigenvalue weighted by molar-refractivity contribution is -0.145. The number of nitrogens with one attached hydrogen (secondary N) is 1. The smallest absolute Gasteiger partial charge is 0.328 e. The first-order valence-corrected chi connectivity index (χ1v) is 10.7. The third-order valence-electron chi connectivity index (χ3n) is 4.35. The van der Waals surface area contributed by atoms with Crippen molar-refractivity contribution >= 4 is 29.5 Å². The average molecular weight is 433 g/mol. The Morgan fingerprint density at radius 3 is 2.60 bits per heavy atom. The Balaban J connectivity index is 2.06. The van der Waals surface area contributed by atoms with Gasteiger partial charge in [0, 0.05) is 12.6 Å². The molecule has 1 aromatic carbocycles. The minimum absolute atomic E-state index is 0.00712. The molecule has 1 atom stereocenters. The molecule has 162 valence electrons. The highest BCUT2D eigenvalue weighted by molar-refractivity contribution is 7.99. The zero-order valence-corrected chi connectivity index (χ0v) is 18.3. The van der Waals surface area contributed by atoms with Gasteiger partial charge in [-0.3, -0.25) is 9.59 Å². The predicted molar refractivity (Wildman–Crippen MR) is 117 cm³/mol. The fourth-order valence-electron chi connectivity index (χ4n) is 2.92. The largest absolute Gasteiger partial charge is 0.467 e. The van der Waals surface area contributed by atoms with Crippen LogP contribution in [0.5, 0.6) is 0 Å². The van der Waals surface area contributed by atoms with Gasteiger partial charge in [-0.1, -0.05) is 55.9 Å². The van der Waals surface area contributed by atoms with Crippen molar-refractivity contribution in [3.05, 3.63) is 52.3 Å². The number of nitrogens with zero attached hydrogens (tertiary/aromatic N) is 2. The van der Waals surface area contributed by atoms with Crippen LogP contribution in [0.25, 0.3) is 0 Å². The number of nitrogen functional groups attached to an aromatic ring is 1. The molecule has 1 aromatic heterocycles. The zero-order valence-electron chi connectivity index (χ0n) is 17.5. The van der Waals surface area contributed by atoms with Crippen molar-refractivity contribution in [3.63, 3.8) is 0 Å². The van der Waals surface area contributed by atoms with E-state index in [1.165, 1.54) is 13.2 Å². The Kier molecular flexibility index (Phi) is 8.91. The number of hydrogen-bond acceptors (Lipinski definition) is 7. The van der Waals surface area contributed by atoms with Crippen LogP contribution in [-0.2, 0) is 27.3 Å². The summed E-state index contributed by atoms with van der Waals surface area (Å²) in [5.41, 5.74) is 6.70. The number of amides is 1. The van der Waals surface area contributed by atoms with Gasteiger partial charge in [-0.05, 0) is 24.3 Å². The van der Waals surface area contributed by atoms with Crippen LogP contribution in [0.4, 0.5) is 5.82 Å². The topological polar surface area (TPSA) is 116 Å². The van der Waals surface area contributed by atoms with Gasteiger partial charge in [-0.2, -0.15) is 4.98 Å². The van der Waals surface area contributed by atoms with Crippen molar-refractivity contribution in [2.24, 2.45) is 5.92 Å². The van der Waals surface area contributed by atoms with Crippen molar-refractivity contribution in [1.82, 2.24) is 14.9 Å². The number of nitrogens with two attached hydrogens (primary N) is 1. The fourth-order valence-corrected chi connectivity index (χ4v) is 3.77. The Bertz CT molecular complexity index is 915. The van der Waals surface area contributed by atoms with Crippen molar-refractivity contribution in [3.8, 4) is 0 Å². The van der Waals surface area contributed by atoms with Gasteiger partial charge in [0.1, 0.15) is 11.9 Å². The van der Waals surface area contributed by atoms with E-state index in [0.29, 0.717) is 30.4 Å². The van der Waals surface area contributed by atoms with Crippen LogP contribution in [0.3, 0.4) is 0 Å². The van der Waals surface area contributed by atoms with Gasteiger partial charge < -0.3 is 20.4 Å². The minimum atomic E-state index is -0.711. The highest BCUT2D eigenvalue weighted by Gasteiger charge is 2.23. The van der Waals surface area contributed by atoms with E-state index in [9.17, 15) is 14.4 Å². The summed E-state index contributed by atoms with van der Waals surface area (Å²) in [5, 5.41) is 3.06. The number of thioether (sulfide) groups is 1. The van der Waals surface area contributed by atoms with Crippen molar-refractivity contribution < 1.29 is 14.3 Å². The van der Waals surface area contributed by atoms with Gasteiger partial charge in [0.15, 0.2) is 5.16 Å². The number of aryl methyl sites for hydroxylation is 1. The van der Waals surface area contributed by atoms with E-state index >= 15 is 0 Å². The number of benzene rings is 1. The average Bonchev–Trinajstić information content (AvgIpc) is 2.70. The van der Waals surface area contributed by atoms with Crippen LogP contribution in [0.2, 0.25) is 0 Å². The zero-order chi connectivity index (χ0) is 22.1. The summed E-state index contributed by atoms with van der Waals surface area (Å²) in [6.07, 6.45) is 1.18. The predicted octanol–water partition coefficient (Wildman–Crippen LogP) is 1.86. The molecule has 0 spiro atoms. The highest BCUT2D eigenvalue weighted by atomic mass is 32.2. The highest BCUT2D eigenvalue weighted by Crippen LogP contribution is 2.18. The summed E-state index contributed by atoms with van der Waals surface area (Å²) in [4.78, 5) is 40.2. The molecule has 1 amide bonds. The van der Waals surface area contributed by atoms with Crippen LogP contribution < -0.4 is 16.6 Å². The molecule has 3 N–H and O–H groups in total. The van der Waals surface area contributed by atoms with Crippen LogP contribution in [0.1, 0.15) is 25.8 Å². The molecule has 9 heteroatoms. The molecular formula is C21H28N4O4S. The van der Waals surface area contributed by atoms with Gasteiger partial charge in [0.05, 0.1) is 12.9 Å². The summed E-state index contributed by atoms with van der Waals surface area (Å²) >= 11 is 1.11. The van der Waals surface area contributed by atoms with Gasteiger partial charge in [0.2, 0.25) is 5.91 Å². The Morgan fingerprint density at radius 2 is 1.97 bits per heavy atom. The molecule has 1 heterocycles. The van der Waals surface area contributed by atoms with E-state index in [0.717, 1.165) is 17.3 Å². The Hall–Kier alpha value is -2.81. The maximum atomic E-state index is 12.4. The third kappa shape index (κ3) is 7.22. The molecule has 0 saturated carbocycles. The maximum Gasteiger partial charge on any atom is 0.328 e. The van der Waals surface area contributed by atoms with Gasteiger partial charge >= 0.3 is 5.97 Å². The lowest BCUT2D eigenvalue weighted by Crippen LogP contribution is -2.43. The Morgan fingerprint density at radius 1 is 1.27 bits per heavy atom. The monoisotopic (exact) mass is 432 g/mol. The first kappa shape index (κ1) is 23.5. The molecule has 0 aliphatic rings. The molecule has 0 bridgehead atoms. The van der Waals surface area contributed by atoms with Crippen molar-refractivity contribution in [2.75, 3.05) is 18.6 Å². The van der Waals surface area contributed by atoms with Crippen LogP contribution in [-0.4, -0.2) is 40.3 Å². The standard InChI is InChI=1S/C21H28N4O4S/c1-14(2)11-16(20(28)29-3)23-19(27)13-30-21-24-18(26)12-17(22)25(21)10-9-15-7-5-4-6-8-15/h4-8,12,14,16H,9-11,13,22H2,1-3H3,(H,23,27)/t16-/m0/s1. The summed E-state index contributed by atoms with van der Waals surface area (Å²) < 4.78 is 6.49. The second-order valence-electron chi connectivity index (χ2n) is 7.25. The van der Waals surface area contributed by atoms with Crippen LogP contribution >= 0.6 is 11.8 Å². The van der Waals surface area contributed by atoms with Gasteiger partial charge in [-0.15, -0.1) is 0 Å². The van der Waals surface area contributed by atoms with Gasteiger partial charge in [0.25, 0.3) is 5.56 Å². The summed E-state index contributed by atoms with van der Waals surface area (Å²) in [6, 6.07) is 10.4. The fraction of sp³-hybridized carbons (Fsp3) is 0.429. The lowest BCUT2D eigenvalue weighted by atomic mass is 10.0. The third-order valence-corrected chi connectivity index (χ3v) is 5.32. The van der Waals surface area contributed by atoms with E-state index in [-0.39, 0.29) is 17.6 Å². The lowest BCUT2D eigenvalue weighted by Gasteiger charge is -2.18. The van der Waals surface area contributed by atoms with Crippen LogP contribution in [0.15, 0.2) is 46.3 Å². The molecular weight excluding hydrogens is 404 g/mol. The number of anilines is 1. The van der Waals surface area contributed by atoms with E-state index in [1.807, 2.05) is 44.2 Å². The molecule has 0 radical (unpaired) electrons. The first-order chi connectivity index (χ1) is 14.3. The number of rotatable bonds is 10. The molecule has 8 nitrogen and oxygen atoms in total. The van der Waals surface area contributed by atoms with E-state index in [1.54, 1.807) is 4.57 Å². The molecule has 0 saturated heterocycles. The molecule has 2 rings (SSSR count). The normalized spacial score (nSPS) is 11.9. The van der Waals surface area contributed by atoms with E-state index in [4.69, 9.17) is 10.5 Å². The minimum Gasteiger partial charge on any atom is -0.467 e. The number of aromatic nitrogens is 2. The second-order valence-corrected chi connectivity index (χ2v) is 8.19. The number of carbonyl (C=O) groups excluding carboxylic acids is 2. The number of esters is 1. The van der Waals surface area contributed by atoms with Crippen LogP contribution in [0, 0.1) is 5.92 Å². The summed E-state index contributed by atoms with van der Waals surface area (Å²) in [6.45, 7) is 4.43. The van der Waals surface area contributed by atoms with E-state index < -0.39 is 17.6 Å². The summed E-state index contributed by atoms with van der Waals surface area (Å²) in [7, 11) is 1.29. The molecule has 2 aromatic rings. The summed E-state index contributed by atoms with van der Waals surface area (Å²) in [5.74, 6) is -0.333. The Labute approximate surface area is 180 Å². The van der Waals surface area contributed by atoms with Crippen molar-refractivity contribution in [1.29, 1.82) is 0 Å². The number of methoxy groups -OCH3 is 1. The van der Waals surface area contributed by atoms with E-state index in [2.05, 4.69) is 10.3 Å². The van der Waals surface area contributed by atoms with Crippen molar-refractivity contribution in [2.45, 2.75) is 44.4 Å². The molecule has 0 unspecified atom stereocenters. The second kappa shape index (κ2) is 11.4. The molecule has 0 aliphatic heterocycles. The first-order valence-electron chi connectivity index (χ1n) is 9.71. The number of ether oxygens (including phenoxy) is 1. The molecule has 0 fully saturated rings. The maximum absolute atomic E-state index is 12.4. The van der Waals surface area contributed by atoms with Gasteiger partial charge in [-0.25, -0.2) is 4.79 Å². The molecule has 30 heavy (non-hydrogen) atoms.